The molecule has 1 aliphatic rings. The normalized spacial score (nSPS) is 19.5. The van der Waals surface area contributed by atoms with Crippen molar-refractivity contribution in [1.82, 2.24) is 10.2 Å². The summed E-state index contributed by atoms with van der Waals surface area (Å²) in [7, 11) is 0. The molecular formula is C19H28N2O. The van der Waals surface area contributed by atoms with Gasteiger partial charge in [0.2, 0.25) is 5.91 Å². The molecule has 2 rings (SSSR count). The molecular weight excluding hydrogens is 272 g/mol. The monoisotopic (exact) mass is 300 g/mol. The first-order valence-electron chi connectivity index (χ1n) is 8.42. The topological polar surface area (TPSA) is 32.3 Å². The summed E-state index contributed by atoms with van der Waals surface area (Å²) in [4.78, 5) is 14.4. The van der Waals surface area contributed by atoms with Crippen molar-refractivity contribution >= 4 is 12.0 Å². The van der Waals surface area contributed by atoms with E-state index in [1.165, 1.54) is 31.4 Å². The molecule has 1 aromatic carbocycles. The molecule has 120 valence electrons. The molecule has 0 aliphatic carbocycles. The van der Waals surface area contributed by atoms with E-state index < -0.39 is 0 Å². The van der Waals surface area contributed by atoms with Crippen LogP contribution in [-0.4, -0.2) is 36.5 Å². The second kappa shape index (κ2) is 8.74. The van der Waals surface area contributed by atoms with E-state index in [-0.39, 0.29) is 5.91 Å². The zero-order valence-corrected chi connectivity index (χ0v) is 13.8. The summed E-state index contributed by atoms with van der Waals surface area (Å²) in [5, 5.41) is 2.97. The summed E-state index contributed by atoms with van der Waals surface area (Å²) in [6, 6.07) is 8.78. The van der Waals surface area contributed by atoms with Crippen molar-refractivity contribution in [2.45, 2.75) is 45.6 Å². The number of nitrogens with zero attached hydrogens (tertiary/aromatic N) is 1. The molecule has 1 aliphatic heterocycles. The largest absolute Gasteiger partial charge is 0.353 e. The van der Waals surface area contributed by atoms with Crippen LogP contribution in [0, 0.1) is 6.92 Å². The molecule has 1 aromatic rings. The van der Waals surface area contributed by atoms with Crippen LogP contribution in [0.2, 0.25) is 0 Å². The summed E-state index contributed by atoms with van der Waals surface area (Å²) in [6.07, 6.45) is 8.52. The van der Waals surface area contributed by atoms with Crippen molar-refractivity contribution in [3.63, 3.8) is 0 Å². The molecule has 1 atom stereocenters. The van der Waals surface area contributed by atoms with Gasteiger partial charge in [-0.25, -0.2) is 0 Å². The maximum atomic E-state index is 11.8. The SMILES string of the molecule is Cc1ccccc1/C=C/C(=O)NCCCN1CCCC[C@H]1C. The number of carbonyl (C=O) groups is 1. The number of piperidine rings is 1. The fraction of sp³-hybridized carbons (Fsp3) is 0.526. The van der Waals surface area contributed by atoms with E-state index in [0.717, 1.165) is 25.1 Å². The van der Waals surface area contributed by atoms with Crippen LogP contribution in [0.1, 0.15) is 43.7 Å². The Labute approximate surface area is 134 Å². The molecule has 0 bridgehead atoms. The Balaban J connectivity index is 1.66. The van der Waals surface area contributed by atoms with Crippen LogP contribution in [0.3, 0.4) is 0 Å². The highest BCUT2D eigenvalue weighted by molar-refractivity contribution is 5.91. The van der Waals surface area contributed by atoms with Gasteiger partial charge >= 0.3 is 0 Å². The summed E-state index contributed by atoms with van der Waals surface area (Å²) in [5.74, 6) is -0.00468. The minimum absolute atomic E-state index is 0.00468. The predicted molar refractivity (Wildman–Crippen MR) is 92.7 cm³/mol. The fourth-order valence-corrected chi connectivity index (χ4v) is 2.98. The molecule has 0 spiro atoms. The molecule has 1 saturated heterocycles. The molecule has 3 heteroatoms. The van der Waals surface area contributed by atoms with Crippen LogP contribution in [0.4, 0.5) is 0 Å². The van der Waals surface area contributed by atoms with Crippen LogP contribution in [0.15, 0.2) is 30.3 Å². The van der Waals surface area contributed by atoms with Crippen LogP contribution >= 0.6 is 0 Å². The van der Waals surface area contributed by atoms with Crippen molar-refractivity contribution in [3.05, 3.63) is 41.5 Å². The highest BCUT2D eigenvalue weighted by atomic mass is 16.1. The van der Waals surface area contributed by atoms with Crippen molar-refractivity contribution in [3.8, 4) is 0 Å². The number of likely N-dealkylation sites (tertiary alicyclic amines) is 1. The van der Waals surface area contributed by atoms with Crippen LogP contribution in [-0.2, 0) is 4.79 Å². The standard InChI is InChI=1S/C19H28N2O/c1-16-8-3-4-10-18(16)11-12-19(22)20-13-7-15-21-14-6-5-9-17(21)2/h3-4,8,10-12,17H,5-7,9,13-15H2,1-2H3,(H,20,22)/b12-11+/t17-/m1/s1. The maximum absolute atomic E-state index is 11.8. The Morgan fingerprint density at radius 3 is 2.95 bits per heavy atom. The van der Waals surface area contributed by atoms with Gasteiger partial charge in [-0.15, -0.1) is 0 Å². The van der Waals surface area contributed by atoms with E-state index in [0.29, 0.717) is 6.04 Å². The first kappa shape index (κ1) is 16.8. The first-order chi connectivity index (χ1) is 10.7. The van der Waals surface area contributed by atoms with E-state index in [4.69, 9.17) is 0 Å². The average Bonchev–Trinajstić information content (AvgIpc) is 2.52. The zero-order chi connectivity index (χ0) is 15.8. The lowest BCUT2D eigenvalue weighted by molar-refractivity contribution is -0.116. The molecule has 1 amide bonds. The second-order valence-electron chi connectivity index (χ2n) is 6.22. The molecule has 0 aromatic heterocycles. The van der Waals surface area contributed by atoms with E-state index >= 15 is 0 Å². The average molecular weight is 300 g/mol. The molecule has 22 heavy (non-hydrogen) atoms. The van der Waals surface area contributed by atoms with E-state index in [9.17, 15) is 4.79 Å². The molecule has 1 fully saturated rings. The van der Waals surface area contributed by atoms with Crippen molar-refractivity contribution in [1.29, 1.82) is 0 Å². The quantitative estimate of drug-likeness (QED) is 0.645. The third-order valence-corrected chi connectivity index (χ3v) is 4.46. The van der Waals surface area contributed by atoms with Gasteiger partial charge in [-0.3, -0.25) is 4.79 Å². The molecule has 1 N–H and O–H groups in total. The van der Waals surface area contributed by atoms with Gasteiger partial charge in [0.15, 0.2) is 0 Å². The lowest BCUT2D eigenvalue weighted by Crippen LogP contribution is -2.39. The lowest BCUT2D eigenvalue weighted by Gasteiger charge is -2.33. The van der Waals surface area contributed by atoms with Gasteiger partial charge < -0.3 is 10.2 Å². The number of amides is 1. The van der Waals surface area contributed by atoms with Gasteiger partial charge in [0.1, 0.15) is 0 Å². The van der Waals surface area contributed by atoms with E-state index in [1.54, 1.807) is 6.08 Å². The van der Waals surface area contributed by atoms with Gasteiger partial charge in [0, 0.05) is 25.2 Å². The Morgan fingerprint density at radius 2 is 2.18 bits per heavy atom. The Bertz CT molecular complexity index is 510. The third-order valence-electron chi connectivity index (χ3n) is 4.46. The van der Waals surface area contributed by atoms with Gasteiger partial charge in [-0.1, -0.05) is 30.7 Å². The number of aryl methyl sites for hydroxylation is 1. The van der Waals surface area contributed by atoms with Crippen molar-refractivity contribution in [2.75, 3.05) is 19.6 Å². The number of nitrogens with one attached hydrogen (secondary N) is 1. The molecule has 0 radical (unpaired) electrons. The maximum Gasteiger partial charge on any atom is 0.243 e. The predicted octanol–water partition coefficient (Wildman–Crippen LogP) is 3.39. The van der Waals surface area contributed by atoms with Crippen molar-refractivity contribution < 1.29 is 4.79 Å². The van der Waals surface area contributed by atoms with Gasteiger partial charge in [0.25, 0.3) is 0 Å². The number of rotatable bonds is 6. The fourth-order valence-electron chi connectivity index (χ4n) is 2.98. The Hall–Kier alpha value is -1.61. The summed E-state index contributed by atoms with van der Waals surface area (Å²) >= 11 is 0. The number of hydrogen-bond donors (Lipinski definition) is 1. The molecule has 0 unspecified atom stereocenters. The number of carbonyl (C=O) groups excluding carboxylic acids is 1. The Morgan fingerprint density at radius 1 is 1.36 bits per heavy atom. The Kier molecular flexibility index (Phi) is 6.66. The van der Waals surface area contributed by atoms with Crippen LogP contribution in [0.25, 0.3) is 6.08 Å². The lowest BCUT2D eigenvalue weighted by atomic mass is 10.0. The third kappa shape index (κ3) is 5.30. The minimum Gasteiger partial charge on any atom is -0.353 e. The van der Waals surface area contributed by atoms with Gasteiger partial charge in [0.05, 0.1) is 0 Å². The minimum atomic E-state index is -0.00468. The second-order valence-corrected chi connectivity index (χ2v) is 6.22. The zero-order valence-electron chi connectivity index (χ0n) is 13.8. The van der Waals surface area contributed by atoms with Gasteiger partial charge in [-0.2, -0.15) is 0 Å². The van der Waals surface area contributed by atoms with Crippen molar-refractivity contribution in [2.24, 2.45) is 0 Å². The van der Waals surface area contributed by atoms with Gasteiger partial charge in [-0.05, 0) is 56.9 Å². The molecule has 1 heterocycles. The van der Waals surface area contributed by atoms with Crippen LogP contribution < -0.4 is 5.32 Å². The number of hydrogen-bond acceptors (Lipinski definition) is 2. The highest BCUT2D eigenvalue weighted by Gasteiger charge is 2.16. The summed E-state index contributed by atoms with van der Waals surface area (Å²) < 4.78 is 0. The highest BCUT2D eigenvalue weighted by Crippen LogP contribution is 2.16. The molecule has 0 saturated carbocycles. The van der Waals surface area contributed by atoms with E-state index in [2.05, 4.69) is 30.1 Å². The number of benzene rings is 1. The smallest absolute Gasteiger partial charge is 0.243 e. The molecule has 3 nitrogen and oxygen atoms in total. The first-order valence-corrected chi connectivity index (χ1v) is 8.42. The van der Waals surface area contributed by atoms with E-state index in [1.807, 2.05) is 24.3 Å². The summed E-state index contributed by atoms with van der Waals surface area (Å²) in [5.41, 5.74) is 2.28. The summed E-state index contributed by atoms with van der Waals surface area (Å²) in [6.45, 7) is 7.41. The van der Waals surface area contributed by atoms with Crippen LogP contribution in [0.5, 0.6) is 0 Å².